The number of nitrogens with two attached hydrogens (primary N) is 1. The fourth-order valence-electron chi connectivity index (χ4n) is 1.10. The van der Waals surface area contributed by atoms with Gasteiger partial charge in [0.05, 0.1) is 5.75 Å². The van der Waals surface area contributed by atoms with Crippen LogP contribution in [-0.4, -0.2) is 26.8 Å². The third-order valence-corrected chi connectivity index (χ3v) is 3.40. The topological polar surface area (TPSA) is 72.2 Å². The number of hydrogen-bond donors (Lipinski definition) is 2. The Hall–Kier alpha value is -0.130. The first-order valence-corrected chi connectivity index (χ1v) is 6.22. The second kappa shape index (κ2) is 5.57. The van der Waals surface area contributed by atoms with Crippen LogP contribution in [0.3, 0.4) is 0 Å². The van der Waals surface area contributed by atoms with E-state index in [4.69, 9.17) is 5.73 Å². The van der Waals surface area contributed by atoms with E-state index in [9.17, 15) is 8.42 Å². The summed E-state index contributed by atoms with van der Waals surface area (Å²) in [5.74, 6) is 0.338. The van der Waals surface area contributed by atoms with E-state index < -0.39 is 10.0 Å². The lowest BCUT2D eigenvalue weighted by Crippen LogP contribution is -2.36. The van der Waals surface area contributed by atoms with Crippen LogP contribution in [0.25, 0.3) is 0 Å². The molecule has 4 nitrogen and oxygen atoms in total. The molecule has 5 heteroatoms. The van der Waals surface area contributed by atoms with Gasteiger partial charge in [-0.1, -0.05) is 13.8 Å². The summed E-state index contributed by atoms with van der Waals surface area (Å²) in [6.45, 7) is 6.09. The average molecular weight is 208 g/mol. The molecular formula is C8H20N2O2S. The normalized spacial score (nSPS) is 14.8. The molecule has 0 aromatic carbocycles. The van der Waals surface area contributed by atoms with E-state index in [2.05, 4.69) is 4.72 Å². The van der Waals surface area contributed by atoms with Gasteiger partial charge in [-0.3, -0.25) is 0 Å². The Morgan fingerprint density at radius 3 is 2.23 bits per heavy atom. The minimum absolute atomic E-state index is 0.0613. The van der Waals surface area contributed by atoms with Crippen LogP contribution < -0.4 is 10.5 Å². The van der Waals surface area contributed by atoms with Crippen molar-refractivity contribution in [3.05, 3.63) is 0 Å². The van der Waals surface area contributed by atoms with Gasteiger partial charge in [0.1, 0.15) is 0 Å². The van der Waals surface area contributed by atoms with E-state index in [0.717, 1.165) is 0 Å². The molecule has 13 heavy (non-hydrogen) atoms. The van der Waals surface area contributed by atoms with Crippen LogP contribution in [0.5, 0.6) is 0 Å². The average Bonchev–Trinajstić information content (AvgIpc) is 1.81. The predicted octanol–water partition coefficient (Wildman–Crippen LogP) is 0.299. The Balaban J connectivity index is 4.02. The maximum absolute atomic E-state index is 11.4. The SMILES string of the molecule is CC(C)CS(=O)(=O)NC(C)CCN. The molecule has 0 radical (unpaired) electrons. The van der Waals surface area contributed by atoms with Crippen LogP contribution in [0.1, 0.15) is 27.2 Å². The second-order valence-electron chi connectivity index (χ2n) is 3.77. The van der Waals surface area contributed by atoms with Crippen LogP contribution in [0.15, 0.2) is 0 Å². The highest BCUT2D eigenvalue weighted by Gasteiger charge is 2.15. The van der Waals surface area contributed by atoms with Crippen molar-refractivity contribution in [2.75, 3.05) is 12.3 Å². The molecular weight excluding hydrogens is 188 g/mol. The van der Waals surface area contributed by atoms with Crippen molar-refractivity contribution in [2.45, 2.75) is 33.2 Å². The molecule has 0 heterocycles. The van der Waals surface area contributed by atoms with Gasteiger partial charge in [-0.15, -0.1) is 0 Å². The maximum atomic E-state index is 11.4. The molecule has 0 aromatic rings. The molecule has 3 N–H and O–H groups in total. The second-order valence-corrected chi connectivity index (χ2v) is 5.57. The fourth-order valence-corrected chi connectivity index (χ4v) is 2.81. The third-order valence-electron chi connectivity index (χ3n) is 1.53. The van der Waals surface area contributed by atoms with Gasteiger partial charge in [0.25, 0.3) is 0 Å². The first-order chi connectivity index (χ1) is 5.87. The van der Waals surface area contributed by atoms with Crippen molar-refractivity contribution in [1.82, 2.24) is 4.72 Å². The zero-order valence-corrected chi connectivity index (χ0v) is 9.39. The lowest BCUT2D eigenvalue weighted by molar-refractivity contribution is 0.540. The summed E-state index contributed by atoms with van der Waals surface area (Å²) in [5, 5.41) is 0. The van der Waals surface area contributed by atoms with E-state index in [0.29, 0.717) is 13.0 Å². The Bertz CT molecular complexity index is 224. The van der Waals surface area contributed by atoms with Gasteiger partial charge in [0.2, 0.25) is 10.0 Å². The molecule has 0 aliphatic rings. The van der Waals surface area contributed by atoms with Crippen LogP contribution in [-0.2, 0) is 10.0 Å². The van der Waals surface area contributed by atoms with Gasteiger partial charge in [-0.2, -0.15) is 0 Å². The minimum atomic E-state index is -3.11. The smallest absolute Gasteiger partial charge is 0.212 e. The molecule has 0 saturated heterocycles. The van der Waals surface area contributed by atoms with Crippen LogP contribution >= 0.6 is 0 Å². The van der Waals surface area contributed by atoms with Gasteiger partial charge in [0, 0.05) is 6.04 Å². The van der Waals surface area contributed by atoms with Crippen molar-refractivity contribution in [3.8, 4) is 0 Å². The highest BCUT2D eigenvalue weighted by atomic mass is 32.2. The molecule has 80 valence electrons. The van der Waals surface area contributed by atoms with Gasteiger partial charge in [-0.05, 0) is 25.8 Å². The lowest BCUT2D eigenvalue weighted by atomic mass is 10.3. The summed E-state index contributed by atoms with van der Waals surface area (Å²) in [7, 11) is -3.11. The van der Waals surface area contributed by atoms with Gasteiger partial charge < -0.3 is 5.73 Å². The number of nitrogens with one attached hydrogen (secondary N) is 1. The Labute approximate surface area is 80.9 Å². The molecule has 0 saturated carbocycles. The molecule has 1 unspecified atom stereocenters. The molecule has 0 fully saturated rings. The van der Waals surface area contributed by atoms with Crippen LogP contribution in [0.4, 0.5) is 0 Å². The standard InChI is InChI=1S/C8H20N2O2S/c1-7(2)6-13(11,12)10-8(3)4-5-9/h7-8,10H,4-6,9H2,1-3H3. The summed E-state index contributed by atoms with van der Waals surface area (Å²) in [5.41, 5.74) is 5.31. The molecule has 0 rings (SSSR count). The summed E-state index contributed by atoms with van der Waals surface area (Å²) in [4.78, 5) is 0. The van der Waals surface area contributed by atoms with E-state index in [1.54, 1.807) is 0 Å². The zero-order chi connectivity index (χ0) is 10.5. The van der Waals surface area contributed by atoms with Crippen molar-refractivity contribution in [1.29, 1.82) is 0 Å². The molecule has 1 atom stereocenters. The zero-order valence-electron chi connectivity index (χ0n) is 8.58. The van der Waals surface area contributed by atoms with Crippen molar-refractivity contribution in [3.63, 3.8) is 0 Å². The fraction of sp³-hybridized carbons (Fsp3) is 1.00. The minimum Gasteiger partial charge on any atom is -0.330 e. The van der Waals surface area contributed by atoms with E-state index in [1.807, 2.05) is 20.8 Å². The Morgan fingerprint density at radius 2 is 1.85 bits per heavy atom. The van der Waals surface area contributed by atoms with Gasteiger partial charge >= 0.3 is 0 Å². The quantitative estimate of drug-likeness (QED) is 0.659. The predicted molar refractivity (Wildman–Crippen MR) is 54.9 cm³/mol. The molecule has 0 aliphatic heterocycles. The van der Waals surface area contributed by atoms with E-state index in [-0.39, 0.29) is 17.7 Å². The Kier molecular flexibility index (Phi) is 5.51. The molecule has 0 bridgehead atoms. The van der Waals surface area contributed by atoms with Gasteiger partial charge in [0.15, 0.2) is 0 Å². The molecule has 0 amide bonds. The highest BCUT2D eigenvalue weighted by Crippen LogP contribution is 2.00. The molecule has 0 spiro atoms. The van der Waals surface area contributed by atoms with Crippen LogP contribution in [0, 0.1) is 5.92 Å². The van der Waals surface area contributed by atoms with Crippen molar-refractivity contribution >= 4 is 10.0 Å². The Morgan fingerprint density at radius 1 is 1.31 bits per heavy atom. The van der Waals surface area contributed by atoms with E-state index in [1.165, 1.54) is 0 Å². The first-order valence-electron chi connectivity index (χ1n) is 4.57. The van der Waals surface area contributed by atoms with Crippen molar-refractivity contribution < 1.29 is 8.42 Å². The molecule has 0 aromatic heterocycles. The van der Waals surface area contributed by atoms with Crippen molar-refractivity contribution in [2.24, 2.45) is 11.7 Å². The number of sulfonamides is 1. The highest BCUT2D eigenvalue weighted by molar-refractivity contribution is 7.89. The van der Waals surface area contributed by atoms with E-state index >= 15 is 0 Å². The van der Waals surface area contributed by atoms with Gasteiger partial charge in [-0.25, -0.2) is 13.1 Å². The largest absolute Gasteiger partial charge is 0.330 e. The third kappa shape index (κ3) is 6.98. The number of rotatable bonds is 6. The summed E-state index contributed by atoms with van der Waals surface area (Å²) in [6, 6.07) is -0.0613. The summed E-state index contributed by atoms with van der Waals surface area (Å²) in [6.07, 6.45) is 0.678. The lowest BCUT2D eigenvalue weighted by Gasteiger charge is -2.14. The maximum Gasteiger partial charge on any atom is 0.212 e. The number of hydrogen-bond acceptors (Lipinski definition) is 3. The van der Waals surface area contributed by atoms with Crippen LogP contribution in [0.2, 0.25) is 0 Å². The molecule has 0 aliphatic carbocycles. The summed E-state index contributed by atoms with van der Waals surface area (Å²) >= 11 is 0. The monoisotopic (exact) mass is 208 g/mol. The summed E-state index contributed by atoms with van der Waals surface area (Å²) < 4.78 is 25.3. The first kappa shape index (κ1) is 12.9.